The average Bonchev–Trinajstić information content (AvgIpc) is 3.06. The molecule has 5 heteroatoms. The van der Waals surface area contributed by atoms with Crippen molar-refractivity contribution < 1.29 is 14.7 Å². The maximum absolute atomic E-state index is 11.6. The molecule has 0 radical (unpaired) electrons. The molecule has 0 aromatic heterocycles. The summed E-state index contributed by atoms with van der Waals surface area (Å²) in [6, 6.07) is 7.63. The van der Waals surface area contributed by atoms with Crippen molar-refractivity contribution in [2.24, 2.45) is 11.8 Å². The first-order chi connectivity index (χ1) is 8.08. The van der Waals surface area contributed by atoms with E-state index in [2.05, 4.69) is 21.2 Å². The number of benzene rings is 1. The number of carbonyl (C=O) groups is 2. The van der Waals surface area contributed by atoms with Gasteiger partial charge >= 0.3 is 5.97 Å². The van der Waals surface area contributed by atoms with Gasteiger partial charge in [0.2, 0.25) is 5.91 Å². The minimum atomic E-state index is -0.882. The lowest BCUT2D eigenvalue weighted by molar-refractivity contribution is -0.140. The van der Waals surface area contributed by atoms with Gasteiger partial charge in [-0.15, -0.1) is 0 Å². The predicted molar refractivity (Wildman–Crippen MR) is 65.2 cm³/mol. The SMILES string of the molecule is O=C(NCc1cccc(Br)c1)[C@H]1C[C@H]1C(=O)O. The normalized spacial score (nSPS) is 21.9. The van der Waals surface area contributed by atoms with Gasteiger partial charge in [-0.2, -0.15) is 0 Å². The van der Waals surface area contributed by atoms with Crippen LogP contribution in [0.1, 0.15) is 12.0 Å². The molecule has 1 aliphatic rings. The molecule has 0 spiro atoms. The topological polar surface area (TPSA) is 66.4 Å². The lowest BCUT2D eigenvalue weighted by atomic mass is 10.2. The fraction of sp³-hybridized carbons (Fsp3) is 0.333. The molecule has 0 saturated heterocycles. The molecule has 0 bridgehead atoms. The van der Waals surface area contributed by atoms with Crippen LogP contribution in [0.25, 0.3) is 0 Å². The van der Waals surface area contributed by atoms with Crippen molar-refractivity contribution in [1.29, 1.82) is 0 Å². The van der Waals surface area contributed by atoms with Crippen LogP contribution in [0.3, 0.4) is 0 Å². The van der Waals surface area contributed by atoms with Gasteiger partial charge in [-0.25, -0.2) is 0 Å². The summed E-state index contributed by atoms with van der Waals surface area (Å²) >= 11 is 3.35. The van der Waals surface area contributed by atoms with Gasteiger partial charge in [-0.05, 0) is 24.1 Å². The molecule has 1 amide bonds. The van der Waals surface area contributed by atoms with Crippen molar-refractivity contribution in [2.75, 3.05) is 0 Å². The van der Waals surface area contributed by atoms with Crippen LogP contribution in [0.2, 0.25) is 0 Å². The minimum absolute atomic E-state index is 0.169. The Morgan fingerprint density at radius 3 is 2.76 bits per heavy atom. The summed E-state index contributed by atoms with van der Waals surface area (Å²) in [5.74, 6) is -1.89. The zero-order valence-electron chi connectivity index (χ0n) is 9.02. The molecule has 0 heterocycles. The molecule has 2 rings (SSSR count). The Kier molecular flexibility index (Phi) is 3.47. The molecule has 1 saturated carbocycles. The molecule has 1 aliphatic carbocycles. The van der Waals surface area contributed by atoms with Crippen molar-refractivity contribution in [1.82, 2.24) is 5.32 Å². The molecule has 1 aromatic rings. The molecule has 2 N–H and O–H groups in total. The van der Waals surface area contributed by atoms with E-state index in [0.29, 0.717) is 13.0 Å². The van der Waals surface area contributed by atoms with Gasteiger partial charge in [0, 0.05) is 11.0 Å². The maximum atomic E-state index is 11.6. The van der Waals surface area contributed by atoms with E-state index in [4.69, 9.17) is 5.11 Å². The Hall–Kier alpha value is -1.36. The molecule has 0 unspecified atom stereocenters. The third kappa shape index (κ3) is 3.06. The maximum Gasteiger partial charge on any atom is 0.307 e. The van der Waals surface area contributed by atoms with Gasteiger partial charge < -0.3 is 10.4 Å². The molecule has 4 nitrogen and oxygen atoms in total. The summed E-state index contributed by atoms with van der Waals surface area (Å²) in [4.78, 5) is 22.2. The van der Waals surface area contributed by atoms with E-state index < -0.39 is 11.9 Å². The third-order valence-electron chi connectivity index (χ3n) is 2.80. The van der Waals surface area contributed by atoms with Crippen LogP contribution in [0.15, 0.2) is 28.7 Å². The van der Waals surface area contributed by atoms with E-state index in [-0.39, 0.29) is 11.8 Å². The van der Waals surface area contributed by atoms with Crippen LogP contribution < -0.4 is 5.32 Å². The molecule has 2 atom stereocenters. The number of aliphatic carboxylic acids is 1. The van der Waals surface area contributed by atoms with Crippen LogP contribution in [-0.4, -0.2) is 17.0 Å². The van der Waals surface area contributed by atoms with E-state index >= 15 is 0 Å². The Balaban J connectivity index is 1.83. The number of carboxylic acid groups (broad SMARTS) is 1. The highest BCUT2D eigenvalue weighted by Crippen LogP contribution is 2.38. The molecule has 1 fully saturated rings. The van der Waals surface area contributed by atoms with Crippen molar-refractivity contribution in [3.05, 3.63) is 34.3 Å². The lowest BCUT2D eigenvalue weighted by Crippen LogP contribution is -2.25. The monoisotopic (exact) mass is 297 g/mol. The fourth-order valence-electron chi connectivity index (χ4n) is 1.72. The Labute approximate surface area is 107 Å². The highest BCUT2D eigenvalue weighted by atomic mass is 79.9. The molecule has 17 heavy (non-hydrogen) atoms. The predicted octanol–water partition coefficient (Wildman–Crippen LogP) is 1.79. The number of hydrogen-bond acceptors (Lipinski definition) is 2. The average molecular weight is 298 g/mol. The molecule has 0 aliphatic heterocycles. The van der Waals surface area contributed by atoms with Crippen molar-refractivity contribution in [3.8, 4) is 0 Å². The van der Waals surface area contributed by atoms with Crippen molar-refractivity contribution in [2.45, 2.75) is 13.0 Å². The molecule has 1 aromatic carbocycles. The summed E-state index contributed by atoms with van der Waals surface area (Å²) in [5.41, 5.74) is 0.986. The zero-order valence-corrected chi connectivity index (χ0v) is 10.6. The Bertz CT molecular complexity index is 461. The summed E-state index contributed by atoms with van der Waals surface area (Å²) in [6.45, 7) is 0.432. The van der Waals surface area contributed by atoms with Gasteiger partial charge in [0.1, 0.15) is 0 Å². The second kappa shape index (κ2) is 4.87. The third-order valence-corrected chi connectivity index (χ3v) is 3.29. The van der Waals surface area contributed by atoms with Crippen LogP contribution in [-0.2, 0) is 16.1 Å². The Morgan fingerprint density at radius 1 is 1.41 bits per heavy atom. The van der Waals surface area contributed by atoms with Crippen molar-refractivity contribution >= 4 is 27.8 Å². The lowest BCUT2D eigenvalue weighted by Gasteiger charge is -2.04. The first kappa shape index (κ1) is 12.1. The minimum Gasteiger partial charge on any atom is -0.481 e. The number of nitrogens with one attached hydrogen (secondary N) is 1. The van der Waals surface area contributed by atoms with Gasteiger partial charge in [-0.1, -0.05) is 28.1 Å². The first-order valence-electron chi connectivity index (χ1n) is 5.33. The van der Waals surface area contributed by atoms with Crippen LogP contribution in [0, 0.1) is 11.8 Å². The first-order valence-corrected chi connectivity index (χ1v) is 6.12. The number of hydrogen-bond donors (Lipinski definition) is 2. The second-order valence-electron chi connectivity index (χ2n) is 4.13. The largest absolute Gasteiger partial charge is 0.481 e. The highest BCUT2D eigenvalue weighted by Gasteiger charge is 2.48. The van der Waals surface area contributed by atoms with Gasteiger partial charge in [-0.3, -0.25) is 9.59 Å². The van der Waals surface area contributed by atoms with E-state index in [0.717, 1.165) is 10.0 Å². The number of carboxylic acids is 1. The molecular weight excluding hydrogens is 286 g/mol. The zero-order chi connectivity index (χ0) is 12.4. The van der Waals surface area contributed by atoms with Gasteiger partial charge in [0.15, 0.2) is 0 Å². The number of carbonyl (C=O) groups excluding carboxylic acids is 1. The summed E-state index contributed by atoms with van der Waals surface area (Å²) in [6.07, 6.45) is 0.458. The van der Waals surface area contributed by atoms with Gasteiger partial charge in [0.05, 0.1) is 11.8 Å². The fourth-order valence-corrected chi connectivity index (χ4v) is 2.17. The summed E-state index contributed by atoms with van der Waals surface area (Å²) in [7, 11) is 0. The van der Waals surface area contributed by atoms with Gasteiger partial charge in [0.25, 0.3) is 0 Å². The van der Waals surface area contributed by atoms with Crippen LogP contribution >= 0.6 is 15.9 Å². The Morgan fingerprint density at radius 2 is 2.18 bits per heavy atom. The van der Waals surface area contributed by atoms with E-state index in [1.54, 1.807) is 0 Å². The highest BCUT2D eigenvalue weighted by molar-refractivity contribution is 9.10. The quantitative estimate of drug-likeness (QED) is 0.890. The number of amides is 1. The number of rotatable bonds is 4. The smallest absolute Gasteiger partial charge is 0.307 e. The van der Waals surface area contributed by atoms with Crippen molar-refractivity contribution in [3.63, 3.8) is 0 Å². The second-order valence-corrected chi connectivity index (χ2v) is 5.05. The van der Waals surface area contributed by atoms with E-state index in [1.165, 1.54) is 0 Å². The standard InChI is InChI=1S/C12H12BrNO3/c13-8-3-1-2-7(4-8)6-14-11(15)9-5-10(9)12(16)17/h1-4,9-10H,5-6H2,(H,14,15)(H,16,17)/t9-,10+/m0/s1. The summed E-state index contributed by atoms with van der Waals surface area (Å²) < 4.78 is 0.957. The van der Waals surface area contributed by atoms with Crippen LogP contribution in [0.5, 0.6) is 0 Å². The van der Waals surface area contributed by atoms with E-state index in [1.807, 2.05) is 24.3 Å². The van der Waals surface area contributed by atoms with Crippen LogP contribution in [0.4, 0.5) is 0 Å². The number of halogens is 1. The van der Waals surface area contributed by atoms with E-state index in [9.17, 15) is 9.59 Å². The molecular formula is C12H12BrNO3. The summed E-state index contributed by atoms with van der Waals surface area (Å²) in [5, 5.41) is 11.5. The molecule has 90 valence electrons.